The second-order valence-corrected chi connectivity index (χ2v) is 2.78. The van der Waals surface area contributed by atoms with Crippen molar-refractivity contribution >= 4 is 0 Å². The molecule has 0 atom stereocenters. The molecular weight excluding hydrogens is 181 g/mol. The van der Waals surface area contributed by atoms with Gasteiger partial charge in [-0.3, -0.25) is 0 Å². The minimum atomic E-state index is 0. The quantitative estimate of drug-likeness (QED) is 0.626. The zero-order chi connectivity index (χ0) is 6.81. The maximum Gasteiger partial charge on any atom is 0.0178 e. The fourth-order valence-corrected chi connectivity index (χ4v) is 1.12. The van der Waals surface area contributed by atoms with E-state index in [0.717, 1.165) is 5.92 Å². The fraction of sp³-hybridized carbons (Fsp3) is 0.333. The summed E-state index contributed by atoms with van der Waals surface area (Å²) in [7, 11) is 0. The van der Waals surface area contributed by atoms with Crippen LogP contribution in [0, 0.1) is 5.92 Å². The molecule has 0 radical (unpaired) electrons. The molecule has 0 aromatic carbocycles. The van der Waals surface area contributed by atoms with Gasteiger partial charge in [-0.15, -0.1) is 0 Å². The van der Waals surface area contributed by atoms with Crippen LogP contribution in [0.4, 0.5) is 0 Å². The number of allylic oxidation sites excluding steroid dienone is 5. The predicted molar refractivity (Wildman–Crippen MR) is 42.2 cm³/mol. The van der Waals surface area contributed by atoms with Gasteiger partial charge in [0.05, 0.1) is 0 Å². The van der Waals surface area contributed by atoms with Gasteiger partial charge in [-0.05, 0) is 30.9 Å². The summed E-state index contributed by atoms with van der Waals surface area (Å²) in [4.78, 5) is 0. The fourth-order valence-electron chi connectivity index (χ4n) is 1.12. The molecule has 62 valence electrons. The van der Waals surface area contributed by atoms with Gasteiger partial charge in [-0.1, -0.05) is 12.2 Å². The molecule has 0 saturated heterocycles. The average molecular weight is 192 g/mol. The second-order valence-electron chi connectivity index (χ2n) is 2.78. The van der Waals surface area contributed by atoms with E-state index in [0.29, 0.717) is 0 Å². The molecule has 0 aromatic heterocycles. The van der Waals surface area contributed by atoms with Crippen LogP contribution in [-0.4, -0.2) is 0 Å². The summed E-state index contributed by atoms with van der Waals surface area (Å²) in [6.45, 7) is 0. The molecule has 1 heterocycles. The molecule has 0 aromatic rings. The van der Waals surface area contributed by atoms with Crippen molar-refractivity contribution in [2.45, 2.75) is 12.8 Å². The SMILES string of the molecule is C1=CC=C(C2CC2)NC=C1.[Ni]. The molecule has 0 amide bonds. The average Bonchev–Trinajstić information content (AvgIpc) is 2.76. The molecule has 1 saturated carbocycles. The molecule has 0 unspecified atom stereocenters. The maximum absolute atomic E-state index is 3.26. The molecule has 0 bridgehead atoms. The summed E-state index contributed by atoms with van der Waals surface area (Å²) in [5.41, 5.74) is 1.38. The van der Waals surface area contributed by atoms with Crippen LogP contribution < -0.4 is 5.32 Å². The molecule has 1 aliphatic heterocycles. The van der Waals surface area contributed by atoms with Crippen LogP contribution in [0.3, 0.4) is 0 Å². The van der Waals surface area contributed by atoms with Crippen molar-refractivity contribution in [2.75, 3.05) is 0 Å². The van der Waals surface area contributed by atoms with Crippen molar-refractivity contribution < 1.29 is 16.5 Å². The Balaban J connectivity index is 0.000000605. The van der Waals surface area contributed by atoms with Gasteiger partial charge in [0.1, 0.15) is 0 Å². The summed E-state index contributed by atoms with van der Waals surface area (Å²) >= 11 is 0. The monoisotopic (exact) mass is 191 g/mol. The molecule has 2 heteroatoms. The van der Waals surface area contributed by atoms with Crippen molar-refractivity contribution in [3.05, 3.63) is 36.2 Å². The third-order valence-electron chi connectivity index (χ3n) is 1.86. The van der Waals surface area contributed by atoms with Crippen molar-refractivity contribution in [1.82, 2.24) is 5.32 Å². The first kappa shape index (κ1) is 8.61. The van der Waals surface area contributed by atoms with E-state index in [1.165, 1.54) is 18.5 Å². The molecule has 11 heavy (non-hydrogen) atoms. The molecule has 1 N–H and O–H groups in total. The normalized spacial score (nSPS) is 21.3. The van der Waals surface area contributed by atoms with E-state index < -0.39 is 0 Å². The van der Waals surface area contributed by atoms with Crippen LogP contribution in [0.5, 0.6) is 0 Å². The Labute approximate surface area is 77.2 Å². The summed E-state index contributed by atoms with van der Waals surface area (Å²) in [5, 5.41) is 3.26. The first-order valence-electron chi connectivity index (χ1n) is 3.77. The third-order valence-corrected chi connectivity index (χ3v) is 1.86. The van der Waals surface area contributed by atoms with Crippen LogP contribution in [0.1, 0.15) is 12.8 Å². The van der Waals surface area contributed by atoms with Gasteiger partial charge in [0.2, 0.25) is 0 Å². The number of rotatable bonds is 1. The van der Waals surface area contributed by atoms with Crippen LogP contribution >= 0.6 is 0 Å². The van der Waals surface area contributed by atoms with Crippen molar-refractivity contribution in [3.63, 3.8) is 0 Å². The van der Waals surface area contributed by atoms with Crippen LogP contribution in [-0.2, 0) is 16.5 Å². The topological polar surface area (TPSA) is 12.0 Å². The summed E-state index contributed by atoms with van der Waals surface area (Å²) < 4.78 is 0. The Morgan fingerprint density at radius 2 is 2.00 bits per heavy atom. The van der Waals surface area contributed by atoms with Crippen LogP contribution in [0.15, 0.2) is 36.2 Å². The standard InChI is InChI=1S/C9H11N.Ni/c1-2-4-9(8-5-6-8)10-7-3-1;/h1-4,7-8,10H,5-6H2;. The first-order valence-corrected chi connectivity index (χ1v) is 3.77. The predicted octanol–water partition coefficient (Wildman–Crippen LogP) is 1.95. The van der Waals surface area contributed by atoms with Gasteiger partial charge in [0.25, 0.3) is 0 Å². The van der Waals surface area contributed by atoms with Crippen molar-refractivity contribution in [3.8, 4) is 0 Å². The maximum atomic E-state index is 3.26. The number of hydrogen-bond donors (Lipinski definition) is 1. The van der Waals surface area contributed by atoms with Gasteiger partial charge < -0.3 is 5.32 Å². The van der Waals surface area contributed by atoms with Gasteiger partial charge in [0, 0.05) is 28.4 Å². The minimum Gasteiger partial charge on any atom is -0.365 e. The Bertz CT molecular complexity index is 212. The zero-order valence-electron chi connectivity index (χ0n) is 6.19. The molecule has 2 aliphatic rings. The van der Waals surface area contributed by atoms with E-state index in [1.807, 2.05) is 18.4 Å². The third kappa shape index (κ3) is 2.23. The van der Waals surface area contributed by atoms with Crippen LogP contribution in [0.25, 0.3) is 0 Å². The second kappa shape index (κ2) is 3.78. The van der Waals surface area contributed by atoms with Gasteiger partial charge in [0.15, 0.2) is 0 Å². The smallest absolute Gasteiger partial charge is 0.0178 e. The molecule has 1 nitrogen and oxygen atoms in total. The van der Waals surface area contributed by atoms with E-state index >= 15 is 0 Å². The Morgan fingerprint density at radius 3 is 2.73 bits per heavy atom. The molecule has 2 rings (SSSR count). The molecule has 0 spiro atoms. The summed E-state index contributed by atoms with van der Waals surface area (Å²) in [5.74, 6) is 0.826. The van der Waals surface area contributed by atoms with Gasteiger partial charge >= 0.3 is 0 Å². The van der Waals surface area contributed by atoms with E-state index in [1.54, 1.807) is 0 Å². The van der Waals surface area contributed by atoms with E-state index in [9.17, 15) is 0 Å². The van der Waals surface area contributed by atoms with Crippen molar-refractivity contribution in [2.24, 2.45) is 5.92 Å². The zero-order valence-corrected chi connectivity index (χ0v) is 7.18. The van der Waals surface area contributed by atoms with E-state index in [4.69, 9.17) is 0 Å². The Kier molecular flexibility index (Phi) is 2.96. The van der Waals surface area contributed by atoms with Gasteiger partial charge in [-0.25, -0.2) is 0 Å². The number of hydrogen-bond acceptors (Lipinski definition) is 1. The van der Waals surface area contributed by atoms with Crippen molar-refractivity contribution in [1.29, 1.82) is 0 Å². The molecular formula is C9H11NNi. The largest absolute Gasteiger partial charge is 0.365 e. The van der Waals surface area contributed by atoms with Gasteiger partial charge in [-0.2, -0.15) is 0 Å². The van der Waals surface area contributed by atoms with Crippen LogP contribution in [0.2, 0.25) is 0 Å². The van der Waals surface area contributed by atoms with E-state index in [2.05, 4.69) is 17.5 Å². The Hall–Kier alpha value is -0.486. The number of nitrogens with one attached hydrogen (secondary N) is 1. The minimum absolute atomic E-state index is 0. The first-order chi connectivity index (χ1) is 4.97. The summed E-state index contributed by atoms with van der Waals surface area (Å²) in [6, 6.07) is 0. The summed E-state index contributed by atoms with van der Waals surface area (Å²) in [6.07, 6.45) is 13.0. The molecule has 1 aliphatic carbocycles. The van der Waals surface area contributed by atoms with E-state index in [-0.39, 0.29) is 16.5 Å². The molecule has 1 fully saturated rings. The Morgan fingerprint density at radius 1 is 1.18 bits per heavy atom.